The summed E-state index contributed by atoms with van der Waals surface area (Å²) in [5.74, 6) is -0.208. The fraction of sp³-hybridized carbons (Fsp3) is 0.364. The Morgan fingerprint density at radius 2 is 2.19 bits per heavy atom. The molecular formula is C11H13F2NO2. The van der Waals surface area contributed by atoms with Gasteiger partial charge in [0.05, 0.1) is 0 Å². The van der Waals surface area contributed by atoms with Gasteiger partial charge in [-0.2, -0.15) is 8.78 Å². The highest BCUT2D eigenvalue weighted by atomic mass is 19.3. The van der Waals surface area contributed by atoms with Gasteiger partial charge in [-0.3, -0.25) is 4.79 Å². The van der Waals surface area contributed by atoms with E-state index in [-0.39, 0.29) is 24.0 Å². The number of ketones is 1. The Balaban J connectivity index is 2.77. The normalized spacial score (nSPS) is 12.6. The molecule has 1 unspecified atom stereocenters. The number of carbonyl (C=O) groups is 1. The summed E-state index contributed by atoms with van der Waals surface area (Å²) >= 11 is 0. The van der Waals surface area contributed by atoms with Crippen LogP contribution >= 0.6 is 0 Å². The van der Waals surface area contributed by atoms with Crippen molar-refractivity contribution in [3.8, 4) is 5.75 Å². The molecule has 1 atom stereocenters. The van der Waals surface area contributed by atoms with Crippen molar-refractivity contribution in [1.82, 2.24) is 0 Å². The molecule has 0 aromatic heterocycles. The van der Waals surface area contributed by atoms with E-state index in [1.165, 1.54) is 18.2 Å². The third-order valence-corrected chi connectivity index (χ3v) is 1.89. The number of carbonyl (C=O) groups excluding carboxylic acids is 1. The van der Waals surface area contributed by atoms with Gasteiger partial charge in [-0.1, -0.05) is 12.1 Å². The highest BCUT2D eigenvalue weighted by Crippen LogP contribution is 2.17. The molecule has 2 N–H and O–H groups in total. The van der Waals surface area contributed by atoms with Crippen molar-refractivity contribution in [2.45, 2.75) is 26.0 Å². The Bertz CT molecular complexity index is 367. The monoisotopic (exact) mass is 229 g/mol. The Hall–Kier alpha value is -1.49. The summed E-state index contributed by atoms with van der Waals surface area (Å²) in [7, 11) is 0. The molecule has 5 heteroatoms. The van der Waals surface area contributed by atoms with Crippen molar-refractivity contribution in [3.05, 3.63) is 29.8 Å². The van der Waals surface area contributed by atoms with Crippen LogP contribution in [0.15, 0.2) is 24.3 Å². The van der Waals surface area contributed by atoms with Crippen molar-refractivity contribution in [3.63, 3.8) is 0 Å². The largest absolute Gasteiger partial charge is 0.435 e. The number of hydrogen-bond acceptors (Lipinski definition) is 3. The molecule has 0 saturated carbocycles. The summed E-state index contributed by atoms with van der Waals surface area (Å²) in [6.45, 7) is -1.18. The Labute approximate surface area is 92.2 Å². The first kappa shape index (κ1) is 12.6. The minimum atomic E-state index is -2.89. The van der Waals surface area contributed by atoms with E-state index in [9.17, 15) is 13.6 Å². The van der Waals surface area contributed by atoms with E-state index in [0.29, 0.717) is 5.56 Å². The zero-order chi connectivity index (χ0) is 12.1. The van der Waals surface area contributed by atoms with Crippen molar-refractivity contribution in [2.75, 3.05) is 0 Å². The molecule has 1 aromatic carbocycles. The molecule has 0 aliphatic carbocycles. The number of Topliss-reactive ketones (excluding diaryl/α,β-unsaturated/α-hetero) is 1. The summed E-state index contributed by atoms with van der Waals surface area (Å²) < 4.78 is 28.1. The first-order valence-corrected chi connectivity index (χ1v) is 4.82. The van der Waals surface area contributed by atoms with E-state index in [4.69, 9.17) is 5.73 Å². The van der Waals surface area contributed by atoms with E-state index in [2.05, 4.69) is 4.74 Å². The van der Waals surface area contributed by atoms with Crippen LogP contribution in [0.1, 0.15) is 23.7 Å². The van der Waals surface area contributed by atoms with Gasteiger partial charge < -0.3 is 10.5 Å². The number of ether oxygens (including phenoxy) is 1. The number of benzene rings is 1. The fourth-order valence-electron chi connectivity index (χ4n) is 1.26. The summed E-state index contributed by atoms with van der Waals surface area (Å²) in [6, 6.07) is 5.44. The summed E-state index contributed by atoms with van der Waals surface area (Å²) in [6.07, 6.45) is 0.179. The molecule has 1 rings (SSSR count). The molecule has 0 amide bonds. The predicted octanol–water partition coefficient (Wildman–Crippen LogP) is 2.21. The number of nitrogens with two attached hydrogens (primary N) is 1. The van der Waals surface area contributed by atoms with E-state index in [0.717, 1.165) is 0 Å². The summed E-state index contributed by atoms with van der Waals surface area (Å²) in [4.78, 5) is 11.6. The van der Waals surface area contributed by atoms with E-state index < -0.39 is 6.61 Å². The van der Waals surface area contributed by atoms with Crippen molar-refractivity contribution in [2.24, 2.45) is 5.73 Å². The van der Waals surface area contributed by atoms with Gasteiger partial charge in [-0.05, 0) is 19.1 Å². The lowest BCUT2D eigenvalue weighted by Crippen LogP contribution is -2.19. The lowest BCUT2D eigenvalue weighted by molar-refractivity contribution is -0.0498. The third kappa shape index (κ3) is 3.94. The van der Waals surface area contributed by atoms with Crippen LogP contribution in [0.2, 0.25) is 0 Å². The van der Waals surface area contributed by atoms with Gasteiger partial charge >= 0.3 is 6.61 Å². The standard InChI is InChI=1S/C11H13F2NO2/c1-7(14)5-10(15)8-3-2-4-9(6-8)16-11(12)13/h2-4,6-7,11H,5,14H2,1H3. The average Bonchev–Trinajstić information content (AvgIpc) is 2.16. The topological polar surface area (TPSA) is 52.3 Å². The maximum absolute atomic E-state index is 11.9. The minimum absolute atomic E-state index is 0.0227. The van der Waals surface area contributed by atoms with Gasteiger partial charge in [-0.25, -0.2) is 0 Å². The predicted molar refractivity (Wildman–Crippen MR) is 55.7 cm³/mol. The van der Waals surface area contributed by atoms with Crippen LogP contribution in [0.25, 0.3) is 0 Å². The summed E-state index contributed by atoms with van der Waals surface area (Å²) in [5, 5.41) is 0. The molecule has 0 aliphatic rings. The molecule has 0 spiro atoms. The second-order valence-corrected chi connectivity index (χ2v) is 3.51. The van der Waals surface area contributed by atoms with Crippen molar-refractivity contribution in [1.29, 1.82) is 0 Å². The molecule has 3 nitrogen and oxygen atoms in total. The Kier molecular flexibility index (Phi) is 4.37. The van der Waals surface area contributed by atoms with Crippen LogP contribution in [-0.4, -0.2) is 18.4 Å². The number of alkyl halides is 2. The van der Waals surface area contributed by atoms with Gasteiger partial charge in [0.1, 0.15) is 5.75 Å². The molecule has 0 radical (unpaired) electrons. The molecule has 0 fully saturated rings. The molecule has 88 valence electrons. The molecule has 16 heavy (non-hydrogen) atoms. The smallest absolute Gasteiger partial charge is 0.387 e. The van der Waals surface area contributed by atoms with Crippen LogP contribution in [0.5, 0.6) is 5.75 Å². The zero-order valence-corrected chi connectivity index (χ0v) is 8.82. The molecular weight excluding hydrogens is 216 g/mol. The maximum Gasteiger partial charge on any atom is 0.387 e. The second kappa shape index (κ2) is 5.55. The first-order chi connectivity index (χ1) is 7.49. The van der Waals surface area contributed by atoms with E-state index in [1.54, 1.807) is 13.0 Å². The number of halogens is 2. The van der Waals surface area contributed by atoms with Crippen LogP contribution in [0.3, 0.4) is 0 Å². The van der Waals surface area contributed by atoms with Gasteiger partial charge in [0, 0.05) is 18.0 Å². The molecule has 0 bridgehead atoms. The van der Waals surface area contributed by atoms with Crippen LogP contribution in [-0.2, 0) is 0 Å². The first-order valence-electron chi connectivity index (χ1n) is 4.82. The minimum Gasteiger partial charge on any atom is -0.435 e. The van der Waals surface area contributed by atoms with Crippen LogP contribution in [0.4, 0.5) is 8.78 Å². The van der Waals surface area contributed by atoms with Crippen LogP contribution in [0, 0.1) is 0 Å². The highest BCUT2D eigenvalue weighted by molar-refractivity contribution is 5.96. The molecule has 0 aliphatic heterocycles. The van der Waals surface area contributed by atoms with Gasteiger partial charge in [0.25, 0.3) is 0 Å². The molecule has 1 aromatic rings. The number of hydrogen-bond donors (Lipinski definition) is 1. The highest BCUT2D eigenvalue weighted by Gasteiger charge is 2.10. The maximum atomic E-state index is 11.9. The average molecular weight is 229 g/mol. The van der Waals surface area contributed by atoms with E-state index >= 15 is 0 Å². The van der Waals surface area contributed by atoms with Gasteiger partial charge in [-0.15, -0.1) is 0 Å². The molecule has 0 saturated heterocycles. The van der Waals surface area contributed by atoms with Crippen molar-refractivity contribution < 1.29 is 18.3 Å². The lowest BCUT2D eigenvalue weighted by Gasteiger charge is -2.07. The fourth-order valence-corrected chi connectivity index (χ4v) is 1.26. The zero-order valence-electron chi connectivity index (χ0n) is 8.82. The lowest BCUT2D eigenvalue weighted by atomic mass is 10.1. The van der Waals surface area contributed by atoms with Crippen molar-refractivity contribution >= 4 is 5.78 Å². The Morgan fingerprint density at radius 1 is 1.50 bits per heavy atom. The SMILES string of the molecule is CC(N)CC(=O)c1cccc(OC(F)F)c1. The summed E-state index contributed by atoms with van der Waals surface area (Å²) in [5.41, 5.74) is 5.81. The van der Waals surface area contributed by atoms with Gasteiger partial charge in [0.15, 0.2) is 5.78 Å². The van der Waals surface area contributed by atoms with E-state index in [1.807, 2.05) is 0 Å². The molecule has 0 heterocycles. The third-order valence-electron chi connectivity index (χ3n) is 1.89. The van der Waals surface area contributed by atoms with Crippen LogP contribution < -0.4 is 10.5 Å². The number of rotatable bonds is 5. The second-order valence-electron chi connectivity index (χ2n) is 3.51. The quantitative estimate of drug-likeness (QED) is 0.787. The Morgan fingerprint density at radius 3 is 2.75 bits per heavy atom. The van der Waals surface area contributed by atoms with Gasteiger partial charge in [0.2, 0.25) is 0 Å².